The molecular weight excluding hydrogens is 174 g/mol. The SMILES string of the molecule is CC(C)C(=O)N1CC[C@@H]2CCCC[C@@H]21. The van der Waals surface area contributed by atoms with Gasteiger partial charge in [0.2, 0.25) is 5.91 Å². The number of rotatable bonds is 1. The summed E-state index contributed by atoms with van der Waals surface area (Å²) >= 11 is 0. The van der Waals surface area contributed by atoms with Crippen LogP contribution in [0.3, 0.4) is 0 Å². The number of carbonyl (C=O) groups is 1. The summed E-state index contributed by atoms with van der Waals surface area (Å²) in [4.78, 5) is 14.1. The van der Waals surface area contributed by atoms with Gasteiger partial charge in [-0.05, 0) is 25.2 Å². The second kappa shape index (κ2) is 3.92. The van der Waals surface area contributed by atoms with E-state index >= 15 is 0 Å². The van der Waals surface area contributed by atoms with Crippen LogP contribution >= 0.6 is 0 Å². The Morgan fingerprint density at radius 1 is 1.21 bits per heavy atom. The number of likely N-dealkylation sites (tertiary alicyclic amines) is 1. The maximum absolute atomic E-state index is 11.9. The first kappa shape index (κ1) is 10.0. The predicted octanol–water partition coefficient (Wildman–Crippen LogP) is 2.43. The standard InChI is InChI=1S/C12H21NO/c1-9(2)12(14)13-8-7-10-5-3-4-6-11(10)13/h9-11H,3-8H2,1-2H3/t10-,11-/m0/s1. The minimum Gasteiger partial charge on any atom is -0.339 e. The average molecular weight is 195 g/mol. The molecule has 80 valence electrons. The molecule has 2 rings (SSSR count). The van der Waals surface area contributed by atoms with Crippen molar-refractivity contribution in [1.82, 2.24) is 4.90 Å². The highest BCUT2D eigenvalue weighted by Crippen LogP contribution is 2.36. The topological polar surface area (TPSA) is 20.3 Å². The van der Waals surface area contributed by atoms with Crippen LogP contribution in [0, 0.1) is 11.8 Å². The van der Waals surface area contributed by atoms with Crippen LogP contribution in [0.25, 0.3) is 0 Å². The molecule has 0 aromatic carbocycles. The van der Waals surface area contributed by atoms with Crippen molar-refractivity contribution in [3.63, 3.8) is 0 Å². The molecule has 2 nitrogen and oxygen atoms in total. The lowest BCUT2D eigenvalue weighted by molar-refractivity contribution is -0.136. The van der Waals surface area contributed by atoms with Gasteiger partial charge in [0.05, 0.1) is 0 Å². The molecule has 2 aliphatic rings. The monoisotopic (exact) mass is 195 g/mol. The Bertz CT molecular complexity index is 224. The molecule has 2 atom stereocenters. The van der Waals surface area contributed by atoms with Gasteiger partial charge < -0.3 is 4.90 Å². The normalized spacial score (nSPS) is 32.1. The molecule has 14 heavy (non-hydrogen) atoms. The van der Waals surface area contributed by atoms with E-state index in [1.165, 1.54) is 32.1 Å². The van der Waals surface area contributed by atoms with Gasteiger partial charge in [-0.15, -0.1) is 0 Å². The molecule has 0 aromatic rings. The lowest BCUT2D eigenvalue weighted by Gasteiger charge is -2.32. The highest BCUT2D eigenvalue weighted by molar-refractivity contribution is 5.78. The van der Waals surface area contributed by atoms with Crippen LogP contribution in [0.15, 0.2) is 0 Å². The van der Waals surface area contributed by atoms with Crippen LogP contribution in [0.2, 0.25) is 0 Å². The molecule has 2 fully saturated rings. The number of hydrogen-bond acceptors (Lipinski definition) is 1. The van der Waals surface area contributed by atoms with Crippen LogP contribution < -0.4 is 0 Å². The van der Waals surface area contributed by atoms with Crippen molar-refractivity contribution in [2.45, 2.75) is 52.0 Å². The summed E-state index contributed by atoms with van der Waals surface area (Å²) in [5.41, 5.74) is 0. The number of fused-ring (bicyclic) bond motifs is 1. The summed E-state index contributed by atoms with van der Waals surface area (Å²) in [6.45, 7) is 5.04. The highest BCUT2D eigenvalue weighted by Gasteiger charge is 2.38. The number of amides is 1. The maximum Gasteiger partial charge on any atom is 0.225 e. The van der Waals surface area contributed by atoms with Crippen LogP contribution in [0.1, 0.15) is 46.0 Å². The first-order chi connectivity index (χ1) is 6.70. The minimum absolute atomic E-state index is 0.177. The van der Waals surface area contributed by atoms with Crippen LogP contribution in [0.4, 0.5) is 0 Å². The largest absolute Gasteiger partial charge is 0.339 e. The first-order valence-electron chi connectivity index (χ1n) is 6.00. The van der Waals surface area contributed by atoms with Gasteiger partial charge in [0.1, 0.15) is 0 Å². The van der Waals surface area contributed by atoms with Crippen LogP contribution in [-0.2, 0) is 4.79 Å². The van der Waals surface area contributed by atoms with Crippen molar-refractivity contribution < 1.29 is 4.79 Å². The summed E-state index contributed by atoms with van der Waals surface area (Å²) in [6, 6.07) is 0.596. The Balaban J connectivity index is 2.03. The van der Waals surface area contributed by atoms with E-state index in [0.717, 1.165) is 12.5 Å². The van der Waals surface area contributed by atoms with Crippen molar-refractivity contribution in [2.24, 2.45) is 11.8 Å². The van der Waals surface area contributed by atoms with Crippen molar-refractivity contribution in [2.75, 3.05) is 6.54 Å². The van der Waals surface area contributed by atoms with Gasteiger partial charge in [-0.1, -0.05) is 26.7 Å². The Morgan fingerprint density at radius 3 is 2.64 bits per heavy atom. The Labute approximate surface area is 86.7 Å². The molecule has 0 aromatic heterocycles. The summed E-state index contributed by atoms with van der Waals surface area (Å²) in [5.74, 6) is 1.38. The van der Waals surface area contributed by atoms with E-state index in [9.17, 15) is 4.79 Å². The van der Waals surface area contributed by atoms with Crippen molar-refractivity contribution in [3.8, 4) is 0 Å². The van der Waals surface area contributed by atoms with Gasteiger partial charge in [-0.2, -0.15) is 0 Å². The second-order valence-corrected chi connectivity index (χ2v) is 5.09. The highest BCUT2D eigenvalue weighted by atomic mass is 16.2. The van der Waals surface area contributed by atoms with E-state index in [4.69, 9.17) is 0 Å². The van der Waals surface area contributed by atoms with Gasteiger partial charge in [0.15, 0.2) is 0 Å². The minimum atomic E-state index is 0.177. The zero-order chi connectivity index (χ0) is 10.1. The Kier molecular flexibility index (Phi) is 2.80. The summed E-state index contributed by atoms with van der Waals surface area (Å²) in [6.07, 6.45) is 6.56. The fraction of sp³-hybridized carbons (Fsp3) is 0.917. The molecule has 1 aliphatic carbocycles. The molecule has 1 heterocycles. The fourth-order valence-corrected chi connectivity index (χ4v) is 3.01. The zero-order valence-corrected chi connectivity index (χ0v) is 9.33. The first-order valence-corrected chi connectivity index (χ1v) is 6.00. The number of nitrogens with zero attached hydrogens (tertiary/aromatic N) is 1. The molecule has 1 amide bonds. The summed E-state index contributed by atoms with van der Waals surface area (Å²) in [7, 11) is 0. The van der Waals surface area contributed by atoms with Gasteiger partial charge in [-0.3, -0.25) is 4.79 Å². The van der Waals surface area contributed by atoms with Crippen molar-refractivity contribution >= 4 is 5.91 Å². The molecule has 0 bridgehead atoms. The summed E-state index contributed by atoms with van der Waals surface area (Å²) < 4.78 is 0. The molecule has 0 unspecified atom stereocenters. The van der Waals surface area contributed by atoms with Crippen LogP contribution in [-0.4, -0.2) is 23.4 Å². The third-order valence-electron chi connectivity index (χ3n) is 3.79. The Morgan fingerprint density at radius 2 is 1.93 bits per heavy atom. The molecule has 1 saturated heterocycles. The molecule has 0 radical (unpaired) electrons. The average Bonchev–Trinajstić information content (AvgIpc) is 2.60. The maximum atomic E-state index is 11.9. The van der Waals surface area contributed by atoms with Crippen molar-refractivity contribution in [1.29, 1.82) is 0 Å². The lowest BCUT2D eigenvalue weighted by Crippen LogP contribution is -2.41. The molecule has 0 N–H and O–H groups in total. The van der Waals surface area contributed by atoms with Crippen molar-refractivity contribution in [3.05, 3.63) is 0 Å². The second-order valence-electron chi connectivity index (χ2n) is 5.09. The quantitative estimate of drug-likeness (QED) is 0.629. The predicted molar refractivity (Wildman–Crippen MR) is 56.9 cm³/mol. The zero-order valence-electron chi connectivity index (χ0n) is 9.33. The lowest BCUT2D eigenvalue weighted by atomic mass is 9.85. The smallest absolute Gasteiger partial charge is 0.225 e. The third-order valence-corrected chi connectivity index (χ3v) is 3.79. The fourth-order valence-electron chi connectivity index (χ4n) is 3.01. The van der Waals surface area contributed by atoms with E-state index in [1.807, 2.05) is 13.8 Å². The molecule has 1 aliphatic heterocycles. The van der Waals surface area contributed by atoms with Gasteiger partial charge in [-0.25, -0.2) is 0 Å². The van der Waals surface area contributed by atoms with Gasteiger partial charge in [0.25, 0.3) is 0 Å². The van der Waals surface area contributed by atoms with E-state index in [1.54, 1.807) is 0 Å². The number of carbonyl (C=O) groups excluding carboxylic acids is 1. The molecule has 0 spiro atoms. The van der Waals surface area contributed by atoms with E-state index in [2.05, 4.69) is 4.90 Å². The van der Waals surface area contributed by atoms with E-state index < -0.39 is 0 Å². The molecule has 2 heteroatoms. The molecule has 1 saturated carbocycles. The van der Waals surface area contributed by atoms with Gasteiger partial charge in [0, 0.05) is 18.5 Å². The number of hydrogen-bond donors (Lipinski definition) is 0. The third kappa shape index (κ3) is 1.67. The Hall–Kier alpha value is -0.530. The summed E-state index contributed by atoms with van der Waals surface area (Å²) in [5, 5.41) is 0. The van der Waals surface area contributed by atoms with Gasteiger partial charge >= 0.3 is 0 Å². The molecular formula is C12H21NO. The van der Waals surface area contributed by atoms with E-state index in [-0.39, 0.29) is 5.92 Å². The van der Waals surface area contributed by atoms with Crippen LogP contribution in [0.5, 0.6) is 0 Å². The van der Waals surface area contributed by atoms with E-state index in [0.29, 0.717) is 11.9 Å².